The van der Waals surface area contributed by atoms with E-state index in [9.17, 15) is 14.0 Å². The van der Waals surface area contributed by atoms with Gasteiger partial charge in [-0.05, 0) is 25.0 Å². The van der Waals surface area contributed by atoms with E-state index in [2.05, 4.69) is 10.6 Å². The van der Waals surface area contributed by atoms with Crippen LogP contribution >= 0.6 is 0 Å². The molecule has 1 rings (SSSR count). The summed E-state index contributed by atoms with van der Waals surface area (Å²) in [4.78, 5) is 23.5. The molecule has 0 aromatic heterocycles. The van der Waals surface area contributed by atoms with Crippen LogP contribution < -0.4 is 10.6 Å². The van der Waals surface area contributed by atoms with E-state index in [0.717, 1.165) is 0 Å². The van der Waals surface area contributed by atoms with Crippen molar-refractivity contribution in [1.82, 2.24) is 10.6 Å². The maximum Gasteiger partial charge on any atom is 0.254 e. The first kappa shape index (κ1) is 15.1. The molecule has 0 saturated heterocycles. The molecule has 2 amide bonds. The fraction of sp³-hybridized carbons (Fsp3) is 0.429. The fourth-order valence-corrected chi connectivity index (χ4v) is 1.44. The highest BCUT2D eigenvalue weighted by atomic mass is 19.1. The molecule has 0 fully saturated rings. The van der Waals surface area contributed by atoms with Gasteiger partial charge in [-0.25, -0.2) is 4.39 Å². The van der Waals surface area contributed by atoms with E-state index in [1.165, 1.54) is 18.2 Å². The van der Waals surface area contributed by atoms with Gasteiger partial charge >= 0.3 is 0 Å². The van der Waals surface area contributed by atoms with E-state index in [1.807, 2.05) is 13.8 Å². The van der Waals surface area contributed by atoms with Crippen molar-refractivity contribution in [3.63, 3.8) is 0 Å². The topological polar surface area (TPSA) is 58.2 Å². The van der Waals surface area contributed by atoms with Gasteiger partial charge in [0.2, 0.25) is 5.91 Å². The van der Waals surface area contributed by atoms with Crippen LogP contribution in [0.2, 0.25) is 0 Å². The summed E-state index contributed by atoms with van der Waals surface area (Å²) in [5, 5.41) is 5.18. The van der Waals surface area contributed by atoms with Gasteiger partial charge in [0.05, 0.1) is 5.56 Å². The third kappa shape index (κ3) is 4.69. The Kier molecular flexibility index (Phi) is 5.48. The number of hydrogen-bond acceptors (Lipinski definition) is 2. The monoisotopic (exact) mass is 266 g/mol. The molecule has 0 aliphatic rings. The molecule has 1 unspecified atom stereocenters. The molecule has 1 aromatic rings. The maximum atomic E-state index is 13.4. The van der Waals surface area contributed by atoms with Gasteiger partial charge in [0.25, 0.3) is 5.91 Å². The molecule has 0 heterocycles. The lowest BCUT2D eigenvalue weighted by atomic mass is 10.2. The Morgan fingerprint density at radius 3 is 2.42 bits per heavy atom. The molecule has 2 N–H and O–H groups in total. The average Bonchev–Trinajstić information content (AvgIpc) is 2.36. The van der Waals surface area contributed by atoms with Crippen molar-refractivity contribution >= 4 is 11.8 Å². The molecule has 0 aliphatic heterocycles. The Morgan fingerprint density at radius 1 is 1.21 bits per heavy atom. The summed E-state index contributed by atoms with van der Waals surface area (Å²) in [6, 6.07) is 4.96. The van der Waals surface area contributed by atoms with Crippen LogP contribution in [0.15, 0.2) is 24.3 Å². The lowest BCUT2D eigenvalue weighted by Crippen LogP contribution is -2.45. The Bertz CT molecular complexity index is 461. The second kappa shape index (κ2) is 6.87. The molecule has 0 bridgehead atoms. The lowest BCUT2D eigenvalue weighted by Gasteiger charge is -2.15. The number of benzene rings is 1. The number of halogens is 1. The van der Waals surface area contributed by atoms with Crippen LogP contribution in [0, 0.1) is 11.7 Å². The van der Waals surface area contributed by atoms with E-state index in [1.54, 1.807) is 13.0 Å². The van der Waals surface area contributed by atoms with Crippen molar-refractivity contribution in [2.45, 2.75) is 26.8 Å². The standard InChI is InChI=1S/C14H19FN2O2/c1-9(2)8-16-13(18)10(3)17-14(19)11-6-4-5-7-12(11)15/h4-7,9-10H,8H2,1-3H3,(H,16,18)(H,17,19). The molecular weight excluding hydrogens is 247 g/mol. The van der Waals surface area contributed by atoms with Crippen molar-refractivity contribution in [1.29, 1.82) is 0 Å². The van der Waals surface area contributed by atoms with Crippen LogP contribution in [-0.4, -0.2) is 24.4 Å². The Hall–Kier alpha value is -1.91. The molecule has 0 saturated carbocycles. The average molecular weight is 266 g/mol. The summed E-state index contributed by atoms with van der Waals surface area (Å²) < 4.78 is 13.4. The van der Waals surface area contributed by atoms with Crippen molar-refractivity contribution in [2.24, 2.45) is 5.92 Å². The zero-order valence-corrected chi connectivity index (χ0v) is 11.4. The van der Waals surface area contributed by atoms with E-state index in [0.29, 0.717) is 12.5 Å². The van der Waals surface area contributed by atoms with Gasteiger partial charge in [-0.2, -0.15) is 0 Å². The van der Waals surface area contributed by atoms with Crippen LogP contribution in [0.1, 0.15) is 31.1 Å². The van der Waals surface area contributed by atoms with E-state index in [-0.39, 0.29) is 11.5 Å². The Morgan fingerprint density at radius 2 is 1.84 bits per heavy atom. The SMILES string of the molecule is CC(C)CNC(=O)C(C)NC(=O)c1ccccc1F. The normalized spacial score (nSPS) is 12.1. The number of amides is 2. The smallest absolute Gasteiger partial charge is 0.254 e. The summed E-state index contributed by atoms with van der Waals surface area (Å²) in [6.45, 7) is 6.05. The first-order chi connectivity index (χ1) is 8.91. The summed E-state index contributed by atoms with van der Waals surface area (Å²) in [5.41, 5.74) is -0.0639. The van der Waals surface area contributed by atoms with Crippen LogP contribution in [0.4, 0.5) is 4.39 Å². The molecule has 1 atom stereocenters. The van der Waals surface area contributed by atoms with Crippen molar-refractivity contribution in [2.75, 3.05) is 6.54 Å². The molecule has 0 spiro atoms. The van der Waals surface area contributed by atoms with Crippen molar-refractivity contribution < 1.29 is 14.0 Å². The molecule has 104 valence electrons. The minimum Gasteiger partial charge on any atom is -0.354 e. The first-order valence-electron chi connectivity index (χ1n) is 6.25. The Labute approximate surface area is 112 Å². The summed E-state index contributed by atoms with van der Waals surface area (Å²) >= 11 is 0. The first-order valence-corrected chi connectivity index (χ1v) is 6.25. The molecule has 4 nitrogen and oxygen atoms in total. The zero-order valence-electron chi connectivity index (χ0n) is 11.4. The van der Waals surface area contributed by atoms with Crippen molar-refractivity contribution in [3.8, 4) is 0 Å². The van der Waals surface area contributed by atoms with E-state index >= 15 is 0 Å². The second-order valence-electron chi connectivity index (χ2n) is 4.81. The maximum absolute atomic E-state index is 13.4. The van der Waals surface area contributed by atoms with Crippen LogP contribution in [0.3, 0.4) is 0 Å². The molecule has 0 radical (unpaired) electrons. The molecule has 0 aliphatic carbocycles. The third-order valence-corrected chi connectivity index (χ3v) is 2.54. The number of nitrogens with one attached hydrogen (secondary N) is 2. The predicted molar refractivity (Wildman–Crippen MR) is 71.2 cm³/mol. The highest BCUT2D eigenvalue weighted by Gasteiger charge is 2.18. The lowest BCUT2D eigenvalue weighted by molar-refractivity contribution is -0.122. The van der Waals surface area contributed by atoms with Gasteiger partial charge in [-0.1, -0.05) is 26.0 Å². The van der Waals surface area contributed by atoms with Crippen LogP contribution in [-0.2, 0) is 4.79 Å². The third-order valence-electron chi connectivity index (χ3n) is 2.54. The highest BCUT2D eigenvalue weighted by molar-refractivity contribution is 5.97. The highest BCUT2D eigenvalue weighted by Crippen LogP contribution is 2.06. The largest absolute Gasteiger partial charge is 0.354 e. The van der Waals surface area contributed by atoms with Crippen LogP contribution in [0.5, 0.6) is 0 Å². The summed E-state index contributed by atoms with van der Waals surface area (Å²) in [6.07, 6.45) is 0. The van der Waals surface area contributed by atoms with E-state index in [4.69, 9.17) is 0 Å². The van der Waals surface area contributed by atoms with Crippen molar-refractivity contribution in [3.05, 3.63) is 35.6 Å². The summed E-state index contributed by atoms with van der Waals surface area (Å²) in [5.74, 6) is -1.14. The quantitative estimate of drug-likeness (QED) is 0.852. The predicted octanol–water partition coefficient (Wildman–Crippen LogP) is 1.72. The number of carbonyl (C=O) groups excluding carboxylic acids is 2. The van der Waals surface area contributed by atoms with E-state index < -0.39 is 17.8 Å². The van der Waals surface area contributed by atoms with Gasteiger partial charge < -0.3 is 10.6 Å². The number of rotatable bonds is 5. The molecule has 19 heavy (non-hydrogen) atoms. The minimum atomic E-state index is -0.703. The molecule has 1 aromatic carbocycles. The number of carbonyl (C=O) groups is 2. The minimum absolute atomic E-state index is 0.0639. The van der Waals surface area contributed by atoms with Gasteiger partial charge in [-0.15, -0.1) is 0 Å². The van der Waals surface area contributed by atoms with Gasteiger partial charge in [0.15, 0.2) is 0 Å². The zero-order chi connectivity index (χ0) is 14.4. The Balaban J connectivity index is 2.57. The molecular formula is C14H19FN2O2. The van der Waals surface area contributed by atoms with Gasteiger partial charge in [-0.3, -0.25) is 9.59 Å². The summed E-state index contributed by atoms with van der Waals surface area (Å²) in [7, 11) is 0. The molecule has 5 heteroatoms. The van der Waals surface area contributed by atoms with Crippen LogP contribution in [0.25, 0.3) is 0 Å². The van der Waals surface area contributed by atoms with Gasteiger partial charge in [0, 0.05) is 6.54 Å². The second-order valence-corrected chi connectivity index (χ2v) is 4.81. The fourth-order valence-electron chi connectivity index (χ4n) is 1.44. The number of hydrogen-bond donors (Lipinski definition) is 2. The van der Waals surface area contributed by atoms with Gasteiger partial charge in [0.1, 0.15) is 11.9 Å².